The average Bonchev–Trinajstić information content (AvgIpc) is 2.87. The van der Waals surface area contributed by atoms with Crippen LogP contribution in [0.4, 0.5) is 5.69 Å². The van der Waals surface area contributed by atoms with Gasteiger partial charge in [0.2, 0.25) is 5.78 Å². The molecule has 35 heavy (non-hydrogen) atoms. The van der Waals surface area contributed by atoms with Gasteiger partial charge in [-0.2, -0.15) is 0 Å². The van der Waals surface area contributed by atoms with Crippen LogP contribution in [-0.4, -0.2) is 48.5 Å². The number of fused-ring (bicyclic) bond motifs is 3. The first-order chi connectivity index (χ1) is 16.8. The second-order valence-electron chi connectivity index (χ2n) is 9.86. The van der Waals surface area contributed by atoms with Crippen LogP contribution < -0.4 is 5.73 Å². The molecule has 3 aliphatic rings. The van der Waals surface area contributed by atoms with Gasteiger partial charge in [0.25, 0.3) is 0 Å². The first-order valence-electron chi connectivity index (χ1n) is 12.4. The molecule has 0 aliphatic carbocycles. The van der Waals surface area contributed by atoms with Gasteiger partial charge < -0.3 is 15.0 Å². The molecule has 1 atom stereocenters. The van der Waals surface area contributed by atoms with Crippen LogP contribution in [0.5, 0.6) is 0 Å². The molecule has 0 radical (unpaired) electrons. The van der Waals surface area contributed by atoms with E-state index >= 15 is 0 Å². The lowest BCUT2D eigenvalue weighted by atomic mass is 9.83. The second kappa shape index (κ2) is 10.9. The van der Waals surface area contributed by atoms with Crippen LogP contribution in [-0.2, 0) is 9.53 Å². The van der Waals surface area contributed by atoms with E-state index in [-0.39, 0.29) is 17.9 Å². The number of esters is 1. The number of hydrogen-bond donors (Lipinski definition) is 1. The molecule has 1 unspecified atom stereocenters. The number of aryl methyl sites for hydroxylation is 1. The van der Waals surface area contributed by atoms with Gasteiger partial charge in [0.05, 0.1) is 13.1 Å². The molecule has 5 nitrogen and oxygen atoms in total. The molecule has 3 heterocycles. The highest BCUT2D eigenvalue weighted by molar-refractivity contribution is 5.97. The van der Waals surface area contributed by atoms with E-state index in [1.165, 1.54) is 18.1 Å². The van der Waals surface area contributed by atoms with E-state index < -0.39 is 0 Å². The summed E-state index contributed by atoms with van der Waals surface area (Å²) < 4.78 is 6.25. The molecule has 6 rings (SSSR count). The number of ketones is 1. The summed E-state index contributed by atoms with van der Waals surface area (Å²) in [7, 11) is 0. The van der Waals surface area contributed by atoms with Gasteiger partial charge in [0.1, 0.15) is 13.1 Å². The predicted octanol–water partition coefficient (Wildman–Crippen LogP) is 5.29. The van der Waals surface area contributed by atoms with Crippen molar-refractivity contribution >= 4 is 17.4 Å². The fourth-order valence-corrected chi connectivity index (χ4v) is 5.35. The van der Waals surface area contributed by atoms with Gasteiger partial charge >= 0.3 is 5.97 Å². The van der Waals surface area contributed by atoms with Crippen molar-refractivity contribution in [2.24, 2.45) is 5.92 Å². The smallest absolute Gasteiger partial charge is 0.303 e. The number of carbonyl (C=O) groups excluding carboxylic acids is 2. The van der Waals surface area contributed by atoms with Gasteiger partial charge in [-0.05, 0) is 24.6 Å². The number of quaternary nitrogens is 1. The van der Waals surface area contributed by atoms with Crippen molar-refractivity contribution in [1.82, 2.24) is 0 Å². The summed E-state index contributed by atoms with van der Waals surface area (Å²) in [5.74, 6) is 0.472. The number of Topliss-reactive ketones (excluding diaryl/α,β-unsaturated/α-hetero) is 1. The SMILES string of the molecule is CC(=O)OC1C[N+]2(CC(=O)c3ccccc3)CCC1CC2.Cc1ccc(N)c(-c2ccccc2)c1. The predicted molar refractivity (Wildman–Crippen MR) is 140 cm³/mol. The Balaban J connectivity index is 0.000000179. The normalized spacial score (nSPS) is 22.6. The number of nitrogens with two attached hydrogens (primary N) is 1. The molecule has 3 saturated heterocycles. The zero-order valence-electron chi connectivity index (χ0n) is 20.7. The molecule has 0 saturated carbocycles. The quantitative estimate of drug-likeness (QED) is 0.238. The summed E-state index contributed by atoms with van der Waals surface area (Å²) >= 11 is 0. The Hall–Kier alpha value is -3.44. The van der Waals surface area contributed by atoms with Crippen molar-refractivity contribution in [2.75, 3.05) is 31.9 Å². The van der Waals surface area contributed by atoms with Crippen molar-refractivity contribution < 1.29 is 18.8 Å². The highest BCUT2D eigenvalue weighted by Gasteiger charge is 2.48. The Bertz CT molecular complexity index is 1150. The van der Waals surface area contributed by atoms with Crippen LogP contribution in [0.1, 0.15) is 35.7 Å². The summed E-state index contributed by atoms with van der Waals surface area (Å²) in [5, 5.41) is 0. The molecule has 5 heteroatoms. The van der Waals surface area contributed by atoms with Crippen molar-refractivity contribution in [1.29, 1.82) is 0 Å². The Morgan fingerprint density at radius 1 is 0.943 bits per heavy atom. The second-order valence-corrected chi connectivity index (χ2v) is 9.86. The van der Waals surface area contributed by atoms with Crippen LogP contribution in [0.15, 0.2) is 78.9 Å². The Morgan fingerprint density at radius 2 is 1.57 bits per heavy atom. The standard InChI is InChI=1S/C17H22NO3.C13H13N/c1-13(19)21-17-12-18(9-7-15(17)8-10-18)11-16(20)14-5-3-2-4-6-14;1-10-7-8-13(14)12(9-10)11-5-3-2-4-6-11/h2-6,15,17H,7-12H2,1H3;2-9H,14H2,1H3/q+1;. The summed E-state index contributed by atoms with van der Waals surface area (Å²) in [6.45, 7) is 6.92. The summed E-state index contributed by atoms with van der Waals surface area (Å²) in [4.78, 5) is 23.7. The van der Waals surface area contributed by atoms with Crippen LogP contribution in [0, 0.1) is 12.8 Å². The van der Waals surface area contributed by atoms with E-state index in [1.807, 2.05) is 60.7 Å². The molecule has 3 aliphatic heterocycles. The molecular formula is C30H35N2O3+. The molecule has 182 valence electrons. The van der Waals surface area contributed by atoms with Crippen LogP contribution >= 0.6 is 0 Å². The maximum absolute atomic E-state index is 12.5. The minimum atomic E-state index is -0.207. The lowest BCUT2D eigenvalue weighted by Crippen LogP contribution is -2.65. The lowest BCUT2D eigenvalue weighted by Gasteiger charge is -2.51. The van der Waals surface area contributed by atoms with Crippen molar-refractivity contribution in [2.45, 2.75) is 32.8 Å². The van der Waals surface area contributed by atoms with E-state index in [4.69, 9.17) is 10.5 Å². The molecule has 2 bridgehead atoms. The number of benzene rings is 3. The van der Waals surface area contributed by atoms with Gasteiger partial charge in [0.15, 0.2) is 6.10 Å². The van der Waals surface area contributed by atoms with Crippen molar-refractivity contribution in [3.05, 3.63) is 90.0 Å². The summed E-state index contributed by atoms with van der Waals surface area (Å²) in [6, 6.07) is 25.8. The Kier molecular flexibility index (Phi) is 7.67. The highest BCUT2D eigenvalue weighted by atomic mass is 16.5. The van der Waals surface area contributed by atoms with Gasteiger partial charge in [-0.1, -0.05) is 72.3 Å². The lowest BCUT2D eigenvalue weighted by molar-refractivity contribution is -0.938. The molecule has 3 aromatic rings. The topological polar surface area (TPSA) is 69.4 Å². The molecule has 0 aromatic heterocycles. The van der Waals surface area contributed by atoms with Gasteiger partial charge in [0, 0.05) is 42.5 Å². The Labute approximate surface area is 208 Å². The van der Waals surface area contributed by atoms with Crippen molar-refractivity contribution in [3.8, 4) is 11.1 Å². The van der Waals surface area contributed by atoms with Gasteiger partial charge in [-0.25, -0.2) is 0 Å². The number of carbonyl (C=O) groups is 2. The maximum Gasteiger partial charge on any atom is 0.303 e. The van der Waals surface area contributed by atoms with E-state index in [2.05, 4.69) is 25.1 Å². The molecule has 2 N–H and O–H groups in total. The molecule has 0 amide bonds. The average molecular weight is 472 g/mol. The minimum absolute atomic E-state index is 0.00595. The summed E-state index contributed by atoms with van der Waals surface area (Å²) in [6.07, 6.45) is 2.11. The third-order valence-corrected chi connectivity index (χ3v) is 7.23. The van der Waals surface area contributed by atoms with Crippen molar-refractivity contribution in [3.63, 3.8) is 0 Å². The van der Waals surface area contributed by atoms with Gasteiger partial charge in [-0.15, -0.1) is 0 Å². The fourth-order valence-electron chi connectivity index (χ4n) is 5.35. The molecule has 3 fully saturated rings. The maximum atomic E-state index is 12.5. The zero-order chi connectivity index (χ0) is 24.8. The summed E-state index contributed by atoms with van der Waals surface area (Å²) in [5.41, 5.74) is 11.1. The van der Waals surface area contributed by atoms with E-state index in [0.717, 1.165) is 53.8 Å². The van der Waals surface area contributed by atoms with E-state index in [1.54, 1.807) is 0 Å². The fraction of sp³-hybridized carbons (Fsp3) is 0.333. The molecule has 0 spiro atoms. The molecule has 3 aromatic carbocycles. The van der Waals surface area contributed by atoms with Crippen LogP contribution in [0.25, 0.3) is 11.1 Å². The molecular weight excluding hydrogens is 436 g/mol. The Morgan fingerprint density at radius 3 is 2.20 bits per heavy atom. The van der Waals surface area contributed by atoms with Gasteiger partial charge in [-0.3, -0.25) is 9.59 Å². The number of ether oxygens (including phenoxy) is 1. The van der Waals surface area contributed by atoms with Crippen LogP contribution in [0.2, 0.25) is 0 Å². The van der Waals surface area contributed by atoms with E-state index in [9.17, 15) is 9.59 Å². The number of rotatable bonds is 5. The number of nitrogen functional groups attached to an aromatic ring is 1. The first-order valence-corrected chi connectivity index (χ1v) is 12.4. The highest BCUT2D eigenvalue weighted by Crippen LogP contribution is 2.35. The number of nitrogens with zero attached hydrogens (tertiary/aromatic N) is 1. The van der Waals surface area contributed by atoms with E-state index in [0.29, 0.717) is 12.5 Å². The minimum Gasteiger partial charge on any atom is -0.456 e. The first kappa shape index (κ1) is 24.7. The number of piperidine rings is 3. The largest absolute Gasteiger partial charge is 0.456 e. The number of hydrogen-bond acceptors (Lipinski definition) is 4. The monoisotopic (exact) mass is 471 g/mol. The zero-order valence-corrected chi connectivity index (χ0v) is 20.7. The third kappa shape index (κ3) is 6.17. The third-order valence-electron chi connectivity index (χ3n) is 7.23. The van der Waals surface area contributed by atoms with Crippen LogP contribution in [0.3, 0.4) is 0 Å². The number of anilines is 1.